The van der Waals surface area contributed by atoms with Crippen LogP contribution < -0.4 is 4.74 Å². The Morgan fingerprint density at radius 2 is 1.79 bits per heavy atom. The number of carbonyl (C=O) groups is 2. The fraction of sp³-hybridized carbons (Fsp3) is 0.619. The van der Waals surface area contributed by atoms with Crippen LogP contribution >= 0.6 is 0 Å². The first-order chi connectivity index (χ1) is 13.1. The monoisotopic (exact) mass is 390 g/mol. The number of rotatable bonds is 5. The van der Waals surface area contributed by atoms with E-state index in [0.717, 1.165) is 24.2 Å². The smallest absolute Gasteiger partial charge is 0.410 e. The summed E-state index contributed by atoms with van der Waals surface area (Å²) in [5.74, 6) is -0.250. The highest BCUT2D eigenvalue weighted by molar-refractivity contribution is 5.81. The summed E-state index contributed by atoms with van der Waals surface area (Å²) in [6, 6.07) is 5.93. The Balaban J connectivity index is 1.61. The molecule has 1 aliphatic carbocycles. The number of aryl methyl sites for hydroxylation is 1. The first-order valence-corrected chi connectivity index (χ1v) is 9.80. The number of aliphatic carboxylic acids is 1. The van der Waals surface area contributed by atoms with E-state index in [1.54, 1.807) is 4.90 Å². The molecule has 1 saturated carbocycles. The number of hydrogen-bond acceptors (Lipinski definition) is 5. The lowest BCUT2D eigenvalue weighted by Crippen LogP contribution is -2.49. The van der Waals surface area contributed by atoms with Gasteiger partial charge in [0.1, 0.15) is 11.4 Å². The summed E-state index contributed by atoms with van der Waals surface area (Å²) in [4.78, 5) is 27.7. The van der Waals surface area contributed by atoms with Crippen molar-refractivity contribution < 1.29 is 24.2 Å². The van der Waals surface area contributed by atoms with Crippen molar-refractivity contribution in [3.8, 4) is 5.75 Å². The van der Waals surface area contributed by atoms with Crippen LogP contribution in [0.3, 0.4) is 0 Å². The average Bonchev–Trinajstić information content (AvgIpc) is 3.37. The number of nitrogens with zero attached hydrogens (tertiary/aromatic N) is 2. The number of piperazine rings is 1. The zero-order valence-corrected chi connectivity index (χ0v) is 17.2. The molecule has 0 spiro atoms. The van der Waals surface area contributed by atoms with Crippen molar-refractivity contribution in [1.82, 2.24) is 9.80 Å². The summed E-state index contributed by atoms with van der Waals surface area (Å²) in [6.07, 6.45) is 0.817. The molecule has 28 heavy (non-hydrogen) atoms. The van der Waals surface area contributed by atoms with Crippen LogP contribution in [-0.2, 0) is 16.1 Å². The molecular weight excluding hydrogens is 360 g/mol. The molecular formula is C21H30N2O5. The van der Waals surface area contributed by atoms with Gasteiger partial charge >= 0.3 is 12.1 Å². The topological polar surface area (TPSA) is 79.3 Å². The normalized spacial score (nSPS) is 19.2. The highest BCUT2D eigenvalue weighted by Gasteiger charge is 2.53. The molecule has 0 aromatic heterocycles. The van der Waals surface area contributed by atoms with E-state index in [1.165, 1.54) is 0 Å². The summed E-state index contributed by atoms with van der Waals surface area (Å²) in [5.41, 5.74) is 0.460. The Hall–Kier alpha value is -2.28. The van der Waals surface area contributed by atoms with Gasteiger partial charge in [0.15, 0.2) is 0 Å². The molecule has 0 atom stereocenters. The van der Waals surface area contributed by atoms with Crippen molar-refractivity contribution in [3.63, 3.8) is 0 Å². The molecule has 1 heterocycles. The van der Waals surface area contributed by atoms with Crippen molar-refractivity contribution in [2.24, 2.45) is 0 Å². The minimum absolute atomic E-state index is 0.274. The lowest BCUT2D eigenvalue weighted by atomic mass is 10.1. The minimum atomic E-state index is -1.06. The van der Waals surface area contributed by atoms with Crippen LogP contribution in [0.25, 0.3) is 0 Å². The van der Waals surface area contributed by atoms with E-state index < -0.39 is 17.2 Å². The number of carboxylic acids is 1. The maximum Gasteiger partial charge on any atom is 0.410 e. The molecule has 1 amide bonds. The van der Waals surface area contributed by atoms with Crippen molar-refractivity contribution >= 4 is 12.1 Å². The van der Waals surface area contributed by atoms with E-state index in [9.17, 15) is 14.7 Å². The summed E-state index contributed by atoms with van der Waals surface area (Å²) in [6.45, 7) is 10.9. The van der Waals surface area contributed by atoms with E-state index in [0.29, 0.717) is 38.2 Å². The van der Waals surface area contributed by atoms with Gasteiger partial charge in [-0.3, -0.25) is 4.90 Å². The predicted molar refractivity (Wildman–Crippen MR) is 104 cm³/mol. The van der Waals surface area contributed by atoms with Crippen LogP contribution in [0.4, 0.5) is 4.79 Å². The lowest BCUT2D eigenvalue weighted by Gasteiger charge is -2.35. The maximum absolute atomic E-state index is 12.2. The first-order valence-electron chi connectivity index (χ1n) is 9.80. The molecule has 0 bridgehead atoms. The SMILES string of the molecule is Cc1ccc(CN2CCN(C(=O)OC(C)(C)C)CC2)c(OC2(C(=O)O)CC2)c1. The molecule has 7 nitrogen and oxygen atoms in total. The highest BCUT2D eigenvalue weighted by Crippen LogP contribution is 2.41. The van der Waals surface area contributed by atoms with Crippen LogP contribution in [0, 0.1) is 6.92 Å². The van der Waals surface area contributed by atoms with Gasteiger partial charge in [0.05, 0.1) is 0 Å². The predicted octanol–water partition coefficient (Wildman–Crippen LogP) is 3.04. The van der Waals surface area contributed by atoms with Gasteiger partial charge in [0, 0.05) is 51.1 Å². The van der Waals surface area contributed by atoms with Gasteiger partial charge in [-0.15, -0.1) is 0 Å². The standard InChI is InChI=1S/C21H30N2O5/c1-15-5-6-16(17(13-15)27-21(7-8-21)18(24)25)14-22-9-11-23(12-10-22)19(26)28-20(2,3)4/h5-6,13H,7-12,14H2,1-4H3,(H,24,25). The number of carboxylic acid groups (broad SMARTS) is 1. The fourth-order valence-electron chi connectivity index (χ4n) is 3.23. The fourth-order valence-corrected chi connectivity index (χ4v) is 3.23. The second-order valence-corrected chi connectivity index (χ2v) is 8.76. The summed E-state index contributed by atoms with van der Waals surface area (Å²) >= 11 is 0. The Bertz CT molecular complexity index is 744. The molecule has 0 radical (unpaired) electrons. The number of hydrogen-bond donors (Lipinski definition) is 1. The van der Waals surface area contributed by atoms with Crippen molar-refractivity contribution in [1.29, 1.82) is 0 Å². The zero-order valence-electron chi connectivity index (χ0n) is 17.2. The summed E-state index contributed by atoms with van der Waals surface area (Å²) in [5, 5.41) is 9.42. The molecule has 2 fully saturated rings. The third-order valence-corrected chi connectivity index (χ3v) is 5.04. The second kappa shape index (κ2) is 7.62. The Morgan fingerprint density at radius 1 is 1.14 bits per heavy atom. The van der Waals surface area contributed by atoms with E-state index in [4.69, 9.17) is 9.47 Å². The molecule has 1 saturated heterocycles. The molecule has 2 aliphatic rings. The average molecular weight is 390 g/mol. The number of benzene rings is 1. The minimum Gasteiger partial charge on any atom is -0.478 e. The van der Waals surface area contributed by atoms with Crippen molar-refractivity contribution in [3.05, 3.63) is 29.3 Å². The molecule has 0 unspecified atom stereocenters. The molecule has 1 aliphatic heterocycles. The van der Waals surface area contributed by atoms with Gasteiger partial charge in [-0.2, -0.15) is 0 Å². The van der Waals surface area contributed by atoms with E-state index in [2.05, 4.69) is 4.90 Å². The zero-order chi connectivity index (χ0) is 20.5. The lowest BCUT2D eigenvalue weighted by molar-refractivity contribution is -0.147. The van der Waals surface area contributed by atoms with Gasteiger partial charge in [-0.05, 0) is 39.3 Å². The van der Waals surface area contributed by atoms with Gasteiger partial charge in [-0.1, -0.05) is 12.1 Å². The van der Waals surface area contributed by atoms with Gasteiger partial charge in [-0.25, -0.2) is 9.59 Å². The van der Waals surface area contributed by atoms with Crippen LogP contribution in [0.2, 0.25) is 0 Å². The Morgan fingerprint density at radius 3 is 2.32 bits per heavy atom. The summed E-state index contributed by atoms with van der Waals surface area (Å²) < 4.78 is 11.4. The number of ether oxygens (including phenoxy) is 2. The maximum atomic E-state index is 12.2. The number of carbonyl (C=O) groups excluding carboxylic acids is 1. The van der Waals surface area contributed by atoms with E-state index >= 15 is 0 Å². The van der Waals surface area contributed by atoms with Crippen molar-refractivity contribution in [2.45, 2.75) is 58.3 Å². The Labute approximate surface area is 166 Å². The molecule has 154 valence electrons. The second-order valence-electron chi connectivity index (χ2n) is 8.76. The molecule has 1 aromatic rings. The largest absolute Gasteiger partial charge is 0.478 e. The van der Waals surface area contributed by atoms with Crippen LogP contribution in [-0.4, -0.2) is 64.4 Å². The quantitative estimate of drug-likeness (QED) is 0.832. The van der Waals surface area contributed by atoms with Gasteiger partial charge in [0.25, 0.3) is 0 Å². The molecule has 3 rings (SSSR count). The van der Waals surface area contributed by atoms with Gasteiger partial charge < -0.3 is 19.5 Å². The third-order valence-electron chi connectivity index (χ3n) is 5.04. The van der Waals surface area contributed by atoms with Crippen LogP contribution in [0.15, 0.2) is 18.2 Å². The number of amides is 1. The Kier molecular flexibility index (Phi) is 5.57. The third kappa shape index (κ3) is 4.95. The van der Waals surface area contributed by atoms with Crippen LogP contribution in [0.1, 0.15) is 44.7 Å². The van der Waals surface area contributed by atoms with E-state index in [1.807, 2.05) is 45.9 Å². The first kappa shape index (κ1) is 20.5. The van der Waals surface area contributed by atoms with Crippen molar-refractivity contribution in [2.75, 3.05) is 26.2 Å². The molecule has 1 N–H and O–H groups in total. The van der Waals surface area contributed by atoms with E-state index in [-0.39, 0.29) is 6.09 Å². The molecule has 1 aromatic carbocycles. The van der Waals surface area contributed by atoms with Crippen LogP contribution in [0.5, 0.6) is 5.75 Å². The highest BCUT2D eigenvalue weighted by atomic mass is 16.6. The van der Waals surface area contributed by atoms with Gasteiger partial charge in [0.2, 0.25) is 5.60 Å². The molecule has 7 heteroatoms. The summed E-state index contributed by atoms with van der Waals surface area (Å²) in [7, 11) is 0.